The molecular formula is C15H11Cl3O2S. The zero-order chi connectivity index (χ0) is 15.2. The predicted octanol–water partition coefficient (Wildman–Crippen LogP) is 5.02. The summed E-state index contributed by atoms with van der Waals surface area (Å²) in [6, 6.07) is 7.02. The van der Waals surface area contributed by atoms with Gasteiger partial charge in [-0.1, -0.05) is 46.6 Å². The number of benzene rings is 1. The molecule has 0 aliphatic carbocycles. The van der Waals surface area contributed by atoms with E-state index in [1.54, 1.807) is 12.1 Å². The van der Waals surface area contributed by atoms with Crippen LogP contribution in [0.5, 0.6) is 5.75 Å². The molecule has 0 saturated heterocycles. The number of aliphatic hydroxyl groups excluding tert-OH is 1. The standard InChI is InChI=1S/C15H11Cl3O2S/c16-12-7-14(18)15(8-13(12)17)20-9-11-5-4-10(21-11)3-1-2-6-19/h4-5,7-8,19H,2,6,9H2. The van der Waals surface area contributed by atoms with Crippen LogP contribution in [0.15, 0.2) is 24.3 Å². The molecule has 1 N–H and O–H groups in total. The van der Waals surface area contributed by atoms with Gasteiger partial charge in [-0.25, -0.2) is 0 Å². The molecule has 0 radical (unpaired) electrons. The van der Waals surface area contributed by atoms with E-state index in [-0.39, 0.29) is 6.61 Å². The van der Waals surface area contributed by atoms with Gasteiger partial charge >= 0.3 is 0 Å². The number of hydrogen-bond donors (Lipinski definition) is 1. The van der Waals surface area contributed by atoms with E-state index in [0.717, 1.165) is 9.75 Å². The summed E-state index contributed by atoms with van der Waals surface area (Å²) in [6.45, 7) is 0.453. The van der Waals surface area contributed by atoms with Crippen LogP contribution >= 0.6 is 46.1 Å². The Morgan fingerprint density at radius 1 is 1.10 bits per heavy atom. The average Bonchev–Trinajstić information content (AvgIpc) is 2.90. The molecule has 110 valence electrons. The Labute approximate surface area is 142 Å². The summed E-state index contributed by atoms with van der Waals surface area (Å²) in [5.74, 6) is 6.35. The first kappa shape index (κ1) is 16.5. The third-order valence-electron chi connectivity index (χ3n) is 2.45. The van der Waals surface area contributed by atoms with Crippen molar-refractivity contribution in [3.8, 4) is 17.6 Å². The van der Waals surface area contributed by atoms with Gasteiger partial charge in [0.15, 0.2) is 0 Å². The molecule has 0 fully saturated rings. The fourth-order valence-corrected chi connectivity index (χ4v) is 2.88. The summed E-state index contributed by atoms with van der Waals surface area (Å²) in [5, 5.41) is 9.89. The molecule has 2 nitrogen and oxygen atoms in total. The first-order valence-electron chi connectivity index (χ1n) is 6.06. The van der Waals surface area contributed by atoms with Crippen LogP contribution in [-0.2, 0) is 6.61 Å². The highest BCUT2D eigenvalue weighted by molar-refractivity contribution is 7.12. The van der Waals surface area contributed by atoms with Crippen LogP contribution in [0.2, 0.25) is 15.1 Å². The molecule has 1 heterocycles. The predicted molar refractivity (Wildman–Crippen MR) is 88.7 cm³/mol. The molecule has 0 aliphatic rings. The topological polar surface area (TPSA) is 29.5 Å². The van der Waals surface area contributed by atoms with Crippen LogP contribution < -0.4 is 4.74 Å². The van der Waals surface area contributed by atoms with E-state index in [1.807, 2.05) is 12.1 Å². The van der Waals surface area contributed by atoms with Crippen molar-refractivity contribution in [1.82, 2.24) is 0 Å². The summed E-state index contributed by atoms with van der Waals surface area (Å²) < 4.78 is 5.64. The van der Waals surface area contributed by atoms with Crippen molar-refractivity contribution in [2.75, 3.05) is 6.61 Å². The molecule has 0 bridgehead atoms. The molecule has 0 amide bonds. The van der Waals surface area contributed by atoms with Crippen molar-refractivity contribution >= 4 is 46.1 Å². The third kappa shape index (κ3) is 4.81. The lowest BCUT2D eigenvalue weighted by Crippen LogP contribution is -1.93. The van der Waals surface area contributed by atoms with Crippen LogP contribution in [0.25, 0.3) is 0 Å². The van der Waals surface area contributed by atoms with Crippen molar-refractivity contribution in [3.05, 3.63) is 49.1 Å². The second kappa shape index (κ2) is 7.93. The SMILES string of the molecule is OCCC#Cc1ccc(COc2cc(Cl)c(Cl)cc2Cl)s1. The van der Waals surface area contributed by atoms with Crippen LogP contribution in [0.1, 0.15) is 16.2 Å². The highest BCUT2D eigenvalue weighted by Gasteiger charge is 2.08. The van der Waals surface area contributed by atoms with Gasteiger partial charge in [0.25, 0.3) is 0 Å². The Bertz CT molecular complexity index is 686. The maximum Gasteiger partial charge on any atom is 0.140 e. The van der Waals surface area contributed by atoms with Crippen molar-refractivity contribution in [3.63, 3.8) is 0 Å². The zero-order valence-electron chi connectivity index (χ0n) is 10.8. The summed E-state index contributed by atoms with van der Waals surface area (Å²) in [5.41, 5.74) is 0. The molecule has 0 aliphatic heterocycles. The van der Waals surface area contributed by atoms with Crippen LogP contribution in [-0.4, -0.2) is 11.7 Å². The van der Waals surface area contributed by atoms with Gasteiger partial charge in [-0.15, -0.1) is 11.3 Å². The maximum absolute atomic E-state index is 8.68. The first-order chi connectivity index (χ1) is 10.1. The minimum atomic E-state index is 0.0736. The largest absolute Gasteiger partial charge is 0.486 e. The number of rotatable bonds is 4. The minimum absolute atomic E-state index is 0.0736. The molecule has 0 unspecified atom stereocenters. The second-order valence-electron chi connectivity index (χ2n) is 4.03. The highest BCUT2D eigenvalue weighted by atomic mass is 35.5. The summed E-state index contributed by atoms with van der Waals surface area (Å²) >= 11 is 19.4. The Morgan fingerprint density at radius 3 is 2.62 bits per heavy atom. The second-order valence-corrected chi connectivity index (χ2v) is 6.42. The van der Waals surface area contributed by atoms with Crippen molar-refractivity contribution in [2.24, 2.45) is 0 Å². The first-order valence-corrected chi connectivity index (χ1v) is 8.01. The Kier molecular flexibility index (Phi) is 6.22. The molecule has 0 spiro atoms. The van der Waals surface area contributed by atoms with Crippen molar-refractivity contribution in [1.29, 1.82) is 0 Å². The molecular weight excluding hydrogens is 351 g/mol. The van der Waals surface area contributed by atoms with E-state index in [4.69, 9.17) is 44.6 Å². The van der Waals surface area contributed by atoms with Gasteiger partial charge < -0.3 is 9.84 Å². The lowest BCUT2D eigenvalue weighted by molar-refractivity contribution is 0.305. The Balaban J connectivity index is 2.01. The number of hydrogen-bond acceptors (Lipinski definition) is 3. The summed E-state index contributed by atoms with van der Waals surface area (Å²) in [6.07, 6.45) is 0.475. The molecule has 0 atom stereocenters. The quantitative estimate of drug-likeness (QED) is 0.612. The normalized spacial score (nSPS) is 10.1. The van der Waals surface area contributed by atoms with Gasteiger partial charge in [0.2, 0.25) is 0 Å². The number of aliphatic hydroxyl groups is 1. The molecule has 6 heteroatoms. The van der Waals surface area contributed by atoms with Gasteiger partial charge in [0.05, 0.1) is 26.6 Å². The fraction of sp³-hybridized carbons (Fsp3) is 0.200. The Hall–Kier alpha value is -0.890. The lowest BCUT2D eigenvalue weighted by atomic mass is 10.3. The lowest BCUT2D eigenvalue weighted by Gasteiger charge is -2.08. The van der Waals surface area contributed by atoms with Crippen LogP contribution in [0.3, 0.4) is 0 Å². The molecule has 21 heavy (non-hydrogen) atoms. The van der Waals surface area contributed by atoms with Gasteiger partial charge in [-0.3, -0.25) is 0 Å². The smallest absolute Gasteiger partial charge is 0.140 e. The average molecular weight is 362 g/mol. The van der Waals surface area contributed by atoms with E-state index < -0.39 is 0 Å². The summed E-state index contributed by atoms with van der Waals surface area (Å²) in [4.78, 5) is 1.95. The fourth-order valence-electron chi connectivity index (χ4n) is 1.49. The molecule has 2 rings (SSSR count). The number of halogens is 3. The zero-order valence-corrected chi connectivity index (χ0v) is 13.9. The van der Waals surface area contributed by atoms with Crippen molar-refractivity contribution in [2.45, 2.75) is 13.0 Å². The van der Waals surface area contributed by atoms with Gasteiger partial charge in [0, 0.05) is 17.4 Å². The molecule has 1 aromatic heterocycles. The van der Waals surface area contributed by atoms with E-state index >= 15 is 0 Å². The minimum Gasteiger partial charge on any atom is -0.486 e. The van der Waals surface area contributed by atoms with E-state index in [2.05, 4.69) is 11.8 Å². The van der Waals surface area contributed by atoms with Crippen LogP contribution in [0.4, 0.5) is 0 Å². The molecule has 1 aromatic carbocycles. The highest BCUT2D eigenvalue weighted by Crippen LogP contribution is 2.34. The van der Waals surface area contributed by atoms with E-state index in [1.165, 1.54) is 11.3 Å². The Morgan fingerprint density at radius 2 is 1.86 bits per heavy atom. The van der Waals surface area contributed by atoms with Gasteiger partial charge in [0.1, 0.15) is 12.4 Å². The van der Waals surface area contributed by atoms with Gasteiger partial charge in [-0.05, 0) is 18.2 Å². The van der Waals surface area contributed by atoms with Gasteiger partial charge in [-0.2, -0.15) is 0 Å². The maximum atomic E-state index is 8.68. The van der Waals surface area contributed by atoms with E-state index in [9.17, 15) is 0 Å². The van der Waals surface area contributed by atoms with Crippen molar-refractivity contribution < 1.29 is 9.84 Å². The monoisotopic (exact) mass is 360 g/mol. The molecule has 0 saturated carbocycles. The summed E-state index contributed by atoms with van der Waals surface area (Å²) in [7, 11) is 0. The molecule has 2 aromatic rings. The number of thiophene rings is 1. The van der Waals surface area contributed by atoms with E-state index in [0.29, 0.717) is 33.8 Å². The van der Waals surface area contributed by atoms with Crippen LogP contribution in [0, 0.1) is 11.8 Å². The third-order valence-corrected chi connectivity index (χ3v) is 4.45. The number of ether oxygens (including phenoxy) is 1.